The van der Waals surface area contributed by atoms with Crippen LogP contribution >= 0.6 is 0 Å². The maximum Gasteiger partial charge on any atom is 0.240 e. The quantitative estimate of drug-likeness (QED) is 0.851. The van der Waals surface area contributed by atoms with Crippen molar-refractivity contribution in [3.05, 3.63) is 12.7 Å². The lowest BCUT2D eigenvalue weighted by atomic mass is 9.96. The maximum atomic E-state index is 13.2. The molecule has 0 spiro atoms. The number of hydrogen-bond donors (Lipinski definition) is 0. The zero-order valence-electron chi connectivity index (χ0n) is 14.4. The molecule has 6 heteroatoms. The summed E-state index contributed by atoms with van der Waals surface area (Å²) in [6, 6.07) is 0.300. The van der Waals surface area contributed by atoms with E-state index in [1.807, 2.05) is 4.68 Å². The van der Waals surface area contributed by atoms with Gasteiger partial charge in [0, 0.05) is 13.1 Å². The molecule has 1 amide bonds. The van der Waals surface area contributed by atoms with E-state index in [0.717, 1.165) is 39.0 Å². The van der Waals surface area contributed by atoms with Gasteiger partial charge in [-0.1, -0.05) is 20.3 Å². The van der Waals surface area contributed by atoms with Gasteiger partial charge in [-0.25, -0.2) is 9.67 Å². The van der Waals surface area contributed by atoms with Crippen LogP contribution in [0.25, 0.3) is 0 Å². The van der Waals surface area contributed by atoms with Crippen LogP contribution in [0.2, 0.25) is 0 Å². The molecule has 0 radical (unpaired) electrons. The van der Waals surface area contributed by atoms with Crippen LogP contribution in [0.15, 0.2) is 12.7 Å². The maximum absolute atomic E-state index is 13.2. The molecule has 2 aliphatic heterocycles. The molecule has 2 saturated heterocycles. The Bertz CT molecular complexity index is 495. The molecular formula is C17H29N5O. The van der Waals surface area contributed by atoms with Crippen molar-refractivity contribution >= 4 is 5.91 Å². The molecule has 0 N–H and O–H groups in total. The standard InChI is InChI=1S/C17H29N5O/c1-14(2)16(20-8-4-3-5-9-20)17(23)21-10-6-7-15(11-21)22-13-18-12-19-22/h12-16H,3-11H2,1-2H3. The van der Waals surface area contributed by atoms with Crippen LogP contribution in [-0.4, -0.2) is 62.7 Å². The van der Waals surface area contributed by atoms with E-state index in [1.165, 1.54) is 19.3 Å². The van der Waals surface area contributed by atoms with Gasteiger partial charge in [0.1, 0.15) is 12.7 Å². The van der Waals surface area contributed by atoms with Crippen LogP contribution in [-0.2, 0) is 4.79 Å². The van der Waals surface area contributed by atoms with Gasteiger partial charge < -0.3 is 4.90 Å². The van der Waals surface area contributed by atoms with E-state index in [0.29, 0.717) is 11.8 Å². The van der Waals surface area contributed by atoms with E-state index in [2.05, 4.69) is 33.7 Å². The Morgan fingerprint density at radius 3 is 2.57 bits per heavy atom. The van der Waals surface area contributed by atoms with Gasteiger partial charge in [0.15, 0.2) is 0 Å². The van der Waals surface area contributed by atoms with Gasteiger partial charge in [0.25, 0.3) is 0 Å². The van der Waals surface area contributed by atoms with Crippen LogP contribution in [0.3, 0.4) is 0 Å². The van der Waals surface area contributed by atoms with Crippen LogP contribution < -0.4 is 0 Å². The summed E-state index contributed by atoms with van der Waals surface area (Å²) in [5.41, 5.74) is 0. The SMILES string of the molecule is CC(C)C(C(=O)N1CCCC(n2cncn2)C1)N1CCCCC1. The van der Waals surface area contributed by atoms with E-state index in [9.17, 15) is 4.79 Å². The van der Waals surface area contributed by atoms with E-state index < -0.39 is 0 Å². The summed E-state index contributed by atoms with van der Waals surface area (Å²) in [4.78, 5) is 21.7. The smallest absolute Gasteiger partial charge is 0.240 e. The number of carbonyl (C=O) groups is 1. The Balaban J connectivity index is 1.69. The second-order valence-electron chi connectivity index (χ2n) is 7.24. The van der Waals surface area contributed by atoms with Crippen molar-refractivity contribution in [2.24, 2.45) is 5.92 Å². The van der Waals surface area contributed by atoms with E-state index >= 15 is 0 Å². The first-order chi connectivity index (χ1) is 11.2. The van der Waals surface area contributed by atoms with Gasteiger partial charge in [-0.3, -0.25) is 9.69 Å². The van der Waals surface area contributed by atoms with Gasteiger partial charge >= 0.3 is 0 Å². The van der Waals surface area contributed by atoms with Crippen LogP contribution in [0.5, 0.6) is 0 Å². The number of nitrogens with zero attached hydrogens (tertiary/aromatic N) is 5. The molecule has 0 saturated carbocycles. The zero-order valence-corrected chi connectivity index (χ0v) is 14.4. The Labute approximate surface area is 138 Å². The van der Waals surface area contributed by atoms with E-state index in [-0.39, 0.29) is 12.1 Å². The van der Waals surface area contributed by atoms with Gasteiger partial charge in [-0.15, -0.1) is 0 Å². The Morgan fingerprint density at radius 2 is 1.91 bits per heavy atom. The number of rotatable bonds is 4. The summed E-state index contributed by atoms with van der Waals surface area (Å²) in [5, 5.41) is 4.26. The fraction of sp³-hybridized carbons (Fsp3) is 0.824. The topological polar surface area (TPSA) is 54.3 Å². The predicted molar refractivity (Wildman–Crippen MR) is 88.9 cm³/mol. The van der Waals surface area contributed by atoms with Crippen molar-refractivity contribution in [1.29, 1.82) is 0 Å². The van der Waals surface area contributed by atoms with Crippen molar-refractivity contribution in [3.63, 3.8) is 0 Å². The van der Waals surface area contributed by atoms with Crippen molar-refractivity contribution in [2.75, 3.05) is 26.2 Å². The number of aromatic nitrogens is 3. The minimum atomic E-state index is 0.0322. The molecule has 2 atom stereocenters. The molecule has 0 aliphatic carbocycles. The third-order valence-electron chi connectivity index (χ3n) is 5.19. The summed E-state index contributed by atoms with van der Waals surface area (Å²) in [6.07, 6.45) is 9.20. The first kappa shape index (κ1) is 16.4. The van der Waals surface area contributed by atoms with Crippen LogP contribution in [0, 0.1) is 5.92 Å². The van der Waals surface area contributed by atoms with Crippen molar-refractivity contribution in [3.8, 4) is 0 Å². The minimum absolute atomic E-state index is 0.0322. The molecule has 3 heterocycles. The van der Waals surface area contributed by atoms with Crippen LogP contribution in [0.1, 0.15) is 52.0 Å². The molecule has 0 bridgehead atoms. The average molecular weight is 319 g/mol. The highest BCUT2D eigenvalue weighted by atomic mass is 16.2. The van der Waals surface area contributed by atoms with Crippen molar-refractivity contribution in [1.82, 2.24) is 24.6 Å². The predicted octanol–water partition coefficient (Wildman–Crippen LogP) is 1.95. The molecule has 6 nitrogen and oxygen atoms in total. The number of likely N-dealkylation sites (tertiary alicyclic amines) is 2. The largest absolute Gasteiger partial charge is 0.339 e. The van der Waals surface area contributed by atoms with Gasteiger partial charge in [-0.05, 0) is 44.7 Å². The first-order valence-corrected chi connectivity index (χ1v) is 9.04. The number of carbonyl (C=O) groups excluding carboxylic acids is 1. The summed E-state index contributed by atoms with van der Waals surface area (Å²) in [7, 11) is 0. The number of hydrogen-bond acceptors (Lipinski definition) is 4. The molecule has 1 aromatic rings. The summed E-state index contributed by atoms with van der Waals surface area (Å²) >= 11 is 0. The van der Waals surface area contributed by atoms with E-state index in [1.54, 1.807) is 12.7 Å². The lowest BCUT2D eigenvalue weighted by Crippen LogP contribution is -2.54. The number of piperidine rings is 2. The average Bonchev–Trinajstić information content (AvgIpc) is 3.10. The van der Waals surface area contributed by atoms with Gasteiger partial charge in [-0.2, -0.15) is 5.10 Å². The first-order valence-electron chi connectivity index (χ1n) is 9.04. The third kappa shape index (κ3) is 3.74. The molecule has 2 unspecified atom stereocenters. The minimum Gasteiger partial charge on any atom is -0.339 e. The summed E-state index contributed by atoms with van der Waals surface area (Å²) in [6.45, 7) is 8.12. The molecule has 3 rings (SSSR count). The Hall–Kier alpha value is -1.43. The molecule has 0 aromatic carbocycles. The summed E-state index contributed by atoms with van der Waals surface area (Å²) in [5.74, 6) is 0.666. The van der Waals surface area contributed by atoms with Gasteiger partial charge in [0.2, 0.25) is 5.91 Å². The number of amides is 1. The molecular weight excluding hydrogens is 290 g/mol. The Morgan fingerprint density at radius 1 is 1.13 bits per heavy atom. The van der Waals surface area contributed by atoms with E-state index in [4.69, 9.17) is 0 Å². The fourth-order valence-corrected chi connectivity index (χ4v) is 4.02. The highest BCUT2D eigenvalue weighted by Crippen LogP contribution is 2.24. The monoisotopic (exact) mass is 319 g/mol. The second kappa shape index (κ2) is 7.43. The summed E-state index contributed by atoms with van der Waals surface area (Å²) < 4.78 is 1.91. The molecule has 2 fully saturated rings. The molecule has 1 aromatic heterocycles. The second-order valence-corrected chi connectivity index (χ2v) is 7.24. The molecule has 2 aliphatic rings. The zero-order chi connectivity index (χ0) is 16.2. The Kier molecular flexibility index (Phi) is 5.30. The highest BCUT2D eigenvalue weighted by molar-refractivity contribution is 5.82. The lowest BCUT2D eigenvalue weighted by molar-refractivity contribution is -0.141. The van der Waals surface area contributed by atoms with Crippen molar-refractivity contribution in [2.45, 2.75) is 58.0 Å². The fourth-order valence-electron chi connectivity index (χ4n) is 4.02. The van der Waals surface area contributed by atoms with Gasteiger partial charge in [0.05, 0.1) is 12.1 Å². The normalized spacial score (nSPS) is 24.8. The molecule has 128 valence electrons. The molecule has 23 heavy (non-hydrogen) atoms. The highest BCUT2D eigenvalue weighted by Gasteiger charge is 2.35. The lowest BCUT2D eigenvalue weighted by Gasteiger charge is -2.41. The van der Waals surface area contributed by atoms with Crippen LogP contribution in [0.4, 0.5) is 0 Å². The third-order valence-corrected chi connectivity index (χ3v) is 5.19. The van der Waals surface area contributed by atoms with Crippen molar-refractivity contribution < 1.29 is 4.79 Å².